The molecule has 1 aliphatic carbocycles. The fourth-order valence-electron chi connectivity index (χ4n) is 6.29. The third kappa shape index (κ3) is 4.15. The first-order valence-corrected chi connectivity index (χ1v) is 12.9. The largest absolute Gasteiger partial charge is 0.508 e. The second kappa shape index (κ2) is 9.08. The minimum absolute atomic E-state index is 0.00619. The Bertz CT molecular complexity index is 1340. The molecule has 6 heteroatoms. The Balaban J connectivity index is 1.16. The van der Waals surface area contributed by atoms with E-state index in [1.54, 1.807) is 19.2 Å². The Morgan fingerprint density at radius 1 is 1.08 bits per heavy atom. The normalized spacial score (nSPS) is 21.6. The summed E-state index contributed by atoms with van der Waals surface area (Å²) in [7, 11) is 1.75. The Morgan fingerprint density at radius 2 is 1.97 bits per heavy atom. The summed E-state index contributed by atoms with van der Waals surface area (Å²) in [6.07, 6.45) is 4.61. The standard InChI is InChI=1S/C30H33N3O3/c1-17-10-21(34)15-27-22(17)16-28(32-27)30(35)33-26-8-9-31-25-7-6-18(13-24(25)26)11-19-12-20-4-3-5-29(36-2)23(20)14-19/h3-7,10,13,15,19,26,28,31-32,34H,8-9,11-12,14,16H2,1-2H3,(H,33,35). The van der Waals surface area contributed by atoms with Gasteiger partial charge in [0.1, 0.15) is 17.5 Å². The van der Waals surface area contributed by atoms with Crippen LogP contribution in [0.3, 0.4) is 0 Å². The van der Waals surface area contributed by atoms with Crippen molar-refractivity contribution in [1.82, 2.24) is 5.32 Å². The molecule has 2 aliphatic heterocycles. The van der Waals surface area contributed by atoms with Gasteiger partial charge in [0, 0.05) is 30.4 Å². The molecule has 4 N–H and O–H groups in total. The minimum Gasteiger partial charge on any atom is -0.508 e. The lowest BCUT2D eigenvalue weighted by Gasteiger charge is -2.29. The Kier molecular flexibility index (Phi) is 5.75. The van der Waals surface area contributed by atoms with E-state index in [9.17, 15) is 9.90 Å². The molecular formula is C30H33N3O3. The van der Waals surface area contributed by atoms with Crippen LogP contribution in [0.15, 0.2) is 48.5 Å². The number of rotatable bonds is 5. The van der Waals surface area contributed by atoms with E-state index in [4.69, 9.17) is 4.74 Å². The van der Waals surface area contributed by atoms with Gasteiger partial charge in [0.15, 0.2) is 0 Å². The topological polar surface area (TPSA) is 82.6 Å². The van der Waals surface area contributed by atoms with Crippen LogP contribution in [0.4, 0.5) is 11.4 Å². The number of benzene rings is 3. The van der Waals surface area contributed by atoms with Crippen molar-refractivity contribution >= 4 is 17.3 Å². The zero-order valence-corrected chi connectivity index (χ0v) is 20.9. The smallest absolute Gasteiger partial charge is 0.243 e. The molecule has 2 heterocycles. The van der Waals surface area contributed by atoms with Crippen molar-refractivity contribution in [2.45, 2.75) is 51.1 Å². The van der Waals surface area contributed by atoms with Gasteiger partial charge >= 0.3 is 0 Å². The molecular weight excluding hydrogens is 450 g/mol. The lowest BCUT2D eigenvalue weighted by molar-refractivity contribution is -0.122. The Hall–Kier alpha value is -3.67. The molecule has 0 saturated heterocycles. The van der Waals surface area contributed by atoms with Gasteiger partial charge in [-0.05, 0) is 90.1 Å². The van der Waals surface area contributed by atoms with Crippen molar-refractivity contribution in [2.24, 2.45) is 5.92 Å². The number of aryl methyl sites for hydroxylation is 1. The average molecular weight is 484 g/mol. The van der Waals surface area contributed by atoms with Gasteiger partial charge in [-0.3, -0.25) is 4.79 Å². The summed E-state index contributed by atoms with van der Waals surface area (Å²) >= 11 is 0. The molecule has 0 bridgehead atoms. The molecule has 0 spiro atoms. The summed E-state index contributed by atoms with van der Waals surface area (Å²) in [4.78, 5) is 13.3. The SMILES string of the molecule is COc1cccc2c1CC(Cc1ccc3c(c1)C(NC(=O)C1Cc4c(C)cc(O)cc4N1)CCN3)C2. The Labute approximate surface area is 212 Å². The first-order valence-electron chi connectivity index (χ1n) is 12.9. The van der Waals surface area contributed by atoms with Gasteiger partial charge in [0.2, 0.25) is 5.91 Å². The second-order valence-electron chi connectivity index (χ2n) is 10.5. The molecule has 186 valence electrons. The van der Waals surface area contributed by atoms with Crippen LogP contribution in [0.1, 0.15) is 45.8 Å². The molecule has 3 aromatic rings. The van der Waals surface area contributed by atoms with Crippen LogP contribution in [-0.2, 0) is 30.5 Å². The lowest BCUT2D eigenvalue weighted by atomic mass is 9.91. The summed E-state index contributed by atoms with van der Waals surface area (Å²) in [5.41, 5.74) is 9.31. The van der Waals surface area contributed by atoms with Crippen molar-refractivity contribution in [2.75, 3.05) is 24.3 Å². The molecule has 3 aromatic carbocycles. The number of ether oxygens (including phenoxy) is 1. The number of carbonyl (C=O) groups excluding carboxylic acids is 1. The van der Waals surface area contributed by atoms with Crippen molar-refractivity contribution < 1.29 is 14.6 Å². The fraction of sp³-hybridized carbons (Fsp3) is 0.367. The highest BCUT2D eigenvalue weighted by molar-refractivity contribution is 5.88. The molecule has 1 amide bonds. The highest BCUT2D eigenvalue weighted by atomic mass is 16.5. The van der Waals surface area contributed by atoms with E-state index in [0.29, 0.717) is 12.3 Å². The van der Waals surface area contributed by atoms with E-state index >= 15 is 0 Å². The van der Waals surface area contributed by atoms with Gasteiger partial charge in [-0.25, -0.2) is 0 Å². The van der Waals surface area contributed by atoms with Crippen molar-refractivity contribution in [1.29, 1.82) is 0 Å². The van der Waals surface area contributed by atoms with Crippen LogP contribution in [0.2, 0.25) is 0 Å². The van der Waals surface area contributed by atoms with Gasteiger partial charge in [-0.1, -0.05) is 24.3 Å². The van der Waals surface area contributed by atoms with Crippen LogP contribution in [0, 0.1) is 12.8 Å². The quantitative estimate of drug-likeness (QED) is 0.424. The molecule has 0 aromatic heterocycles. The molecule has 6 nitrogen and oxygen atoms in total. The van der Waals surface area contributed by atoms with E-state index in [1.165, 1.54) is 22.3 Å². The second-order valence-corrected chi connectivity index (χ2v) is 10.5. The summed E-state index contributed by atoms with van der Waals surface area (Å²) in [5.74, 6) is 1.79. The minimum atomic E-state index is -0.325. The lowest BCUT2D eigenvalue weighted by Crippen LogP contribution is -2.42. The highest BCUT2D eigenvalue weighted by Crippen LogP contribution is 2.37. The van der Waals surface area contributed by atoms with Gasteiger partial charge < -0.3 is 25.8 Å². The van der Waals surface area contributed by atoms with E-state index in [0.717, 1.165) is 60.5 Å². The number of fused-ring (bicyclic) bond motifs is 3. The van der Waals surface area contributed by atoms with Crippen molar-refractivity contribution in [3.8, 4) is 11.5 Å². The molecule has 0 radical (unpaired) electrons. The van der Waals surface area contributed by atoms with Gasteiger partial charge in [-0.2, -0.15) is 0 Å². The molecule has 6 rings (SSSR count). The predicted octanol–water partition coefficient (Wildman–Crippen LogP) is 4.68. The monoisotopic (exact) mass is 483 g/mol. The maximum atomic E-state index is 13.3. The number of phenolic OH excluding ortho intramolecular Hbond substituents is 1. The number of carbonyl (C=O) groups is 1. The molecule has 36 heavy (non-hydrogen) atoms. The number of phenols is 1. The van der Waals surface area contributed by atoms with Crippen LogP contribution in [0.5, 0.6) is 11.5 Å². The fourth-order valence-corrected chi connectivity index (χ4v) is 6.29. The van der Waals surface area contributed by atoms with Crippen molar-refractivity contribution in [3.05, 3.63) is 81.9 Å². The number of aromatic hydroxyl groups is 1. The van der Waals surface area contributed by atoms with E-state index in [2.05, 4.69) is 52.3 Å². The summed E-state index contributed by atoms with van der Waals surface area (Å²) in [6.45, 7) is 2.81. The third-order valence-corrected chi connectivity index (χ3v) is 8.04. The molecule has 0 saturated carbocycles. The summed E-state index contributed by atoms with van der Waals surface area (Å²) < 4.78 is 5.59. The van der Waals surface area contributed by atoms with E-state index < -0.39 is 0 Å². The first-order chi connectivity index (χ1) is 17.5. The van der Waals surface area contributed by atoms with Crippen LogP contribution in [0.25, 0.3) is 0 Å². The summed E-state index contributed by atoms with van der Waals surface area (Å²) in [5, 5.41) is 20.1. The predicted molar refractivity (Wildman–Crippen MR) is 142 cm³/mol. The number of anilines is 2. The van der Waals surface area contributed by atoms with Crippen LogP contribution in [-0.4, -0.2) is 30.7 Å². The number of amides is 1. The Morgan fingerprint density at radius 3 is 2.83 bits per heavy atom. The number of hydrogen-bond donors (Lipinski definition) is 4. The first kappa shape index (κ1) is 22.8. The maximum absolute atomic E-state index is 13.3. The number of hydrogen-bond acceptors (Lipinski definition) is 5. The van der Waals surface area contributed by atoms with Crippen molar-refractivity contribution in [3.63, 3.8) is 0 Å². The number of nitrogens with one attached hydrogen (secondary N) is 3. The third-order valence-electron chi connectivity index (χ3n) is 8.04. The molecule has 3 unspecified atom stereocenters. The van der Waals surface area contributed by atoms with Gasteiger partial charge in [-0.15, -0.1) is 0 Å². The van der Waals surface area contributed by atoms with Gasteiger partial charge in [0.25, 0.3) is 0 Å². The van der Waals surface area contributed by atoms with Gasteiger partial charge in [0.05, 0.1) is 13.2 Å². The van der Waals surface area contributed by atoms with Crippen LogP contribution < -0.4 is 20.7 Å². The molecule has 3 aliphatic rings. The molecule has 0 fully saturated rings. The van der Waals surface area contributed by atoms with Crippen LogP contribution >= 0.6 is 0 Å². The van der Waals surface area contributed by atoms with E-state index in [1.807, 2.05) is 6.92 Å². The number of methoxy groups -OCH3 is 1. The maximum Gasteiger partial charge on any atom is 0.243 e. The average Bonchev–Trinajstić information content (AvgIpc) is 3.48. The highest BCUT2D eigenvalue weighted by Gasteiger charge is 2.31. The zero-order valence-electron chi connectivity index (χ0n) is 20.9. The van der Waals surface area contributed by atoms with E-state index in [-0.39, 0.29) is 23.7 Å². The summed E-state index contributed by atoms with van der Waals surface area (Å²) in [6, 6.07) is 16.2. The zero-order chi connectivity index (χ0) is 24.8. The molecule has 3 atom stereocenters.